The molecule has 0 aliphatic carbocycles. The van der Waals surface area contributed by atoms with Gasteiger partial charge in [-0.3, -0.25) is 4.79 Å². The number of aryl methyl sites for hydroxylation is 1. The topological polar surface area (TPSA) is 47.3 Å². The molecule has 0 N–H and O–H groups in total. The molecule has 0 bridgehead atoms. The molecule has 0 aliphatic rings. The molecule has 4 rings (SSSR count). The molecule has 0 saturated carbocycles. The molecule has 0 radical (unpaired) electrons. The average Bonchev–Trinajstić information content (AvgIpc) is 2.91. The highest BCUT2D eigenvalue weighted by Crippen LogP contribution is 2.30. The fraction of sp³-hybridized carbons (Fsp3) is 0.0833. The molecule has 0 unspecified atom stereocenters. The molecule has 4 aromatic rings. The van der Waals surface area contributed by atoms with Crippen LogP contribution in [0.25, 0.3) is 25.3 Å². The van der Waals surface area contributed by atoms with Crippen molar-refractivity contribution in [3.63, 3.8) is 0 Å². The maximum absolute atomic E-state index is 12.3. The summed E-state index contributed by atoms with van der Waals surface area (Å²) < 4.78 is 3.17. The Labute approximate surface area is 109 Å². The Morgan fingerprint density at radius 1 is 1.22 bits per heavy atom. The van der Waals surface area contributed by atoms with Crippen molar-refractivity contribution in [2.24, 2.45) is 0 Å². The van der Waals surface area contributed by atoms with Gasteiger partial charge in [0.25, 0.3) is 5.56 Å². The first-order chi connectivity index (χ1) is 8.74. The Balaban J connectivity index is 2.36. The van der Waals surface area contributed by atoms with E-state index in [9.17, 15) is 4.79 Å². The fourth-order valence-electron chi connectivity index (χ4n) is 2.06. The van der Waals surface area contributed by atoms with Gasteiger partial charge in [-0.2, -0.15) is 9.61 Å². The highest BCUT2D eigenvalue weighted by molar-refractivity contribution is 7.25. The number of benzene rings is 1. The van der Waals surface area contributed by atoms with E-state index in [4.69, 9.17) is 0 Å². The van der Waals surface area contributed by atoms with Crippen LogP contribution in [-0.4, -0.2) is 14.6 Å². The first-order valence-electron chi connectivity index (χ1n) is 5.42. The zero-order chi connectivity index (χ0) is 12.3. The molecule has 1 aromatic carbocycles. The van der Waals surface area contributed by atoms with Gasteiger partial charge in [0.2, 0.25) is 4.96 Å². The molecule has 0 atom stereocenters. The van der Waals surface area contributed by atoms with E-state index in [1.165, 1.54) is 27.2 Å². The van der Waals surface area contributed by atoms with Gasteiger partial charge in [0, 0.05) is 10.1 Å². The van der Waals surface area contributed by atoms with Crippen LogP contribution in [0.15, 0.2) is 29.1 Å². The Morgan fingerprint density at radius 2 is 2.06 bits per heavy atom. The highest BCUT2D eigenvalue weighted by atomic mass is 32.1. The lowest BCUT2D eigenvalue weighted by molar-refractivity contribution is 0.897. The molecule has 4 nitrogen and oxygen atoms in total. The van der Waals surface area contributed by atoms with Crippen LogP contribution in [0, 0.1) is 6.92 Å². The number of hydrogen-bond donors (Lipinski definition) is 0. The molecular weight excluding hydrogens is 266 g/mol. The second-order valence-electron chi connectivity index (χ2n) is 4.01. The van der Waals surface area contributed by atoms with Gasteiger partial charge in [-0.25, -0.2) is 4.98 Å². The molecule has 3 heterocycles. The first-order valence-corrected chi connectivity index (χ1v) is 7.05. The molecule has 0 spiro atoms. The number of thiophene rings is 1. The molecule has 0 saturated heterocycles. The van der Waals surface area contributed by atoms with Crippen LogP contribution < -0.4 is 5.56 Å². The molecule has 18 heavy (non-hydrogen) atoms. The molecule has 3 aromatic heterocycles. The Hall–Kier alpha value is -1.79. The van der Waals surface area contributed by atoms with E-state index in [1.807, 2.05) is 31.2 Å². The summed E-state index contributed by atoms with van der Waals surface area (Å²) in [6, 6.07) is 7.96. The lowest BCUT2D eigenvalue weighted by atomic mass is 10.2. The predicted molar refractivity (Wildman–Crippen MR) is 74.8 cm³/mol. The summed E-state index contributed by atoms with van der Waals surface area (Å²) in [5.41, 5.74) is 0.727. The normalized spacial score (nSPS) is 11.8. The van der Waals surface area contributed by atoms with Crippen LogP contribution in [0.4, 0.5) is 0 Å². The minimum absolute atomic E-state index is 0.0689. The van der Waals surface area contributed by atoms with Gasteiger partial charge >= 0.3 is 0 Å². The van der Waals surface area contributed by atoms with Gasteiger partial charge < -0.3 is 0 Å². The van der Waals surface area contributed by atoms with Crippen molar-refractivity contribution in [1.82, 2.24) is 14.6 Å². The standard InChI is InChI=1S/C12H7N3OS2/c1-6-14-15-11(16)10-9(13-12(15)17-6)7-4-2-3-5-8(7)18-10/h2-5H,1H3. The van der Waals surface area contributed by atoms with E-state index >= 15 is 0 Å². The van der Waals surface area contributed by atoms with Crippen LogP contribution in [0.3, 0.4) is 0 Å². The molecular formula is C12H7N3OS2. The Bertz CT molecular complexity index is 964. The van der Waals surface area contributed by atoms with Gasteiger partial charge in [-0.1, -0.05) is 29.5 Å². The van der Waals surface area contributed by atoms with E-state index in [0.717, 1.165) is 20.6 Å². The van der Waals surface area contributed by atoms with E-state index in [0.29, 0.717) is 9.66 Å². The maximum Gasteiger partial charge on any atom is 0.293 e. The van der Waals surface area contributed by atoms with Gasteiger partial charge in [-0.15, -0.1) is 11.3 Å². The number of nitrogens with zero attached hydrogens (tertiary/aromatic N) is 3. The summed E-state index contributed by atoms with van der Waals surface area (Å²) in [6.07, 6.45) is 0. The van der Waals surface area contributed by atoms with Crippen molar-refractivity contribution in [2.75, 3.05) is 0 Å². The molecule has 88 valence electrons. The highest BCUT2D eigenvalue weighted by Gasteiger charge is 2.13. The summed E-state index contributed by atoms with van der Waals surface area (Å²) in [6.45, 7) is 1.88. The Morgan fingerprint density at radius 3 is 2.94 bits per heavy atom. The predicted octanol–water partition coefficient (Wildman–Crippen LogP) is 2.83. The monoisotopic (exact) mass is 273 g/mol. The van der Waals surface area contributed by atoms with E-state index in [1.54, 1.807) is 0 Å². The third-order valence-electron chi connectivity index (χ3n) is 2.82. The van der Waals surface area contributed by atoms with Crippen molar-refractivity contribution in [3.8, 4) is 0 Å². The average molecular weight is 273 g/mol. The molecule has 0 aliphatic heterocycles. The summed E-state index contributed by atoms with van der Waals surface area (Å²) in [7, 11) is 0. The zero-order valence-corrected chi connectivity index (χ0v) is 11.0. The summed E-state index contributed by atoms with van der Waals surface area (Å²) in [5.74, 6) is 0. The summed E-state index contributed by atoms with van der Waals surface area (Å²) >= 11 is 2.92. The van der Waals surface area contributed by atoms with E-state index < -0.39 is 0 Å². The maximum atomic E-state index is 12.3. The van der Waals surface area contributed by atoms with Crippen LogP contribution in [0.2, 0.25) is 0 Å². The lowest BCUT2D eigenvalue weighted by Gasteiger charge is -1.91. The van der Waals surface area contributed by atoms with Gasteiger partial charge in [0.15, 0.2) is 0 Å². The molecule has 6 heteroatoms. The van der Waals surface area contributed by atoms with Gasteiger partial charge in [0.05, 0.1) is 5.52 Å². The van der Waals surface area contributed by atoms with Crippen molar-refractivity contribution in [1.29, 1.82) is 0 Å². The third-order valence-corrected chi connectivity index (χ3v) is 4.80. The van der Waals surface area contributed by atoms with E-state index in [-0.39, 0.29) is 5.56 Å². The van der Waals surface area contributed by atoms with Crippen LogP contribution in [0.1, 0.15) is 5.01 Å². The van der Waals surface area contributed by atoms with Gasteiger partial charge in [-0.05, 0) is 13.0 Å². The number of fused-ring (bicyclic) bond motifs is 4. The van der Waals surface area contributed by atoms with Crippen LogP contribution >= 0.6 is 22.7 Å². The third kappa shape index (κ3) is 1.21. The van der Waals surface area contributed by atoms with E-state index in [2.05, 4.69) is 10.1 Å². The van der Waals surface area contributed by atoms with Gasteiger partial charge in [0.1, 0.15) is 9.71 Å². The fourth-order valence-corrected chi connectivity index (χ4v) is 3.86. The summed E-state index contributed by atoms with van der Waals surface area (Å²) in [4.78, 5) is 17.6. The summed E-state index contributed by atoms with van der Waals surface area (Å²) in [5, 5.41) is 6.09. The second kappa shape index (κ2) is 3.37. The van der Waals surface area contributed by atoms with Crippen LogP contribution in [0.5, 0.6) is 0 Å². The largest absolute Gasteiger partial charge is 0.293 e. The SMILES string of the molecule is Cc1nn2c(=O)c3sc4ccccc4c3nc2s1. The minimum atomic E-state index is -0.0689. The second-order valence-corrected chi connectivity index (χ2v) is 6.22. The first kappa shape index (κ1) is 10.2. The van der Waals surface area contributed by atoms with Crippen molar-refractivity contribution in [2.45, 2.75) is 6.92 Å². The zero-order valence-electron chi connectivity index (χ0n) is 9.38. The number of hydrogen-bond acceptors (Lipinski definition) is 5. The molecule has 0 amide bonds. The van der Waals surface area contributed by atoms with Crippen molar-refractivity contribution < 1.29 is 0 Å². The van der Waals surface area contributed by atoms with Crippen LogP contribution in [-0.2, 0) is 0 Å². The number of rotatable bonds is 0. The quantitative estimate of drug-likeness (QED) is 0.495. The lowest BCUT2D eigenvalue weighted by Crippen LogP contribution is -2.13. The number of aromatic nitrogens is 3. The minimum Gasteiger partial charge on any atom is -0.266 e. The smallest absolute Gasteiger partial charge is 0.266 e. The van der Waals surface area contributed by atoms with Crippen molar-refractivity contribution >= 4 is 47.9 Å². The van der Waals surface area contributed by atoms with Crippen molar-refractivity contribution in [3.05, 3.63) is 39.6 Å². The Kier molecular flexibility index (Phi) is 1.90. The molecule has 0 fully saturated rings.